The number of ether oxygens (including phenoxy) is 3. The number of amides is 4. The van der Waals surface area contributed by atoms with Gasteiger partial charge in [-0.3, -0.25) is 14.9 Å². The zero-order valence-electron chi connectivity index (χ0n) is 20.6. The highest BCUT2D eigenvalue weighted by atomic mass is 127. The number of hydrogen-bond acceptors (Lipinski definition) is 6. The van der Waals surface area contributed by atoms with Crippen LogP contribution in [0.2, 0.25) is 5.02 Å². The fourth-order valence-corrected chi connectivity index (χ4v) is 4.54. The molecule has 0 bridgehead atoms. The van der Waals surface area contributed by atoms with Crippen molar-refractivity contribution in [1.29, 1.82) is 0 Å². The van der Waals surface area contributed by atoms with Gasteiger partial charge in [0.25, 0.3) is 11.8 Å². The van der Waals surface area contributed by atoms with E-state index in [-0.39, 0.29) is 11.3 Å². The molecule has 1 saturated heterocycles. The summed E-state index contributed by atoms with van der Waals surface area (Å²) in [6.07, 6.45) is 1.44. The quantitative estimate of drug-likeness (QED) is 0.175. The summed E-state index contributed by atoms with van der Waals surface area (Å²) in [5.74, 6) is -0.143. The highest BCUT2D eigenvalue weighted by molar-refractivity contribution is 14.1. The van der Waals surface area contributed by atoms with Crippen molar-refractivity contribution < 1.29 is 28.6 Å². The minimum atomic E-state index is -0.868. The van der Waals surface area contributed by atoms with Gasteiger partial charge in [-0.2, -0.15) is 0 Å². The summed E-state index contributed by atoms with van der Waals surface area (Å²) in [5.41, 5.74) is 1.54. The SMILES string of the molecule is CCOc1ccc(OCC)c(N2C(=O)NC(=O)/C(=C\c3ccc(OCc4ccc(Cl)cc4)c(I)c3)C2=O)c1. The van der Waals surface area contributed by atoms with Gasteiger partial charge in [0.05, 0.1) is 22.5 Å². The molecule has 8 nitrogen and oxygen atoms in total. The number of imide groups is 2. The Hall–Kier alpha value is -3.57. The maximum Gasteiger partial charge on any atom is 0.336 e. The van der Waals surface area contributed by atoms with Crippen molar-refractivity contribution in [2.45, 2.75) is 20.5 Å². The molecule has 1 heterocycles. The van der Waals surface area contributed by atoms with E-state index in [1.165, 1.54) is 12.1 Å². The van der Waals surface area contributed by atoms with E-state index in [1.54, 1.807) is 49.4 Å². The summed E-state index contributed by atoms with van der Waals surface area (Å²) in [4.78, 5) is 39.8. The molecule has 1 N–H and O–H groups in total. The summed E-state index contributed by atoms with van der Waals surface area (Å²) in [6, 6.07) is 16.6. The molecule has 0 saturated carbocycles. The minimum absolute atomic E-state index is 0.180. The average Bonchev–Trinajstić information content (AvgIpc) is 2.88. The van der Waals surface area contributed by atoms with Gasteiger partial charge in [-0.15, -0.1) is 0 Å². The van der Waals surface area contributed by atoms with E-state index in [2.05, 4.69) is 27.9 Å². The van der Waals surface area contributed by atoms with Crippen LogP contribution in [-0.4, -0.2) is 31.1 Å². The van der Waals surface area contributed by atoms with Gasteiger partial charge in [0.15, 0.2) is 0 Å². The molecule has 0 atom stereocenters. The smallest absolute Gasteiger partial charge is 0.336 e. The van der Waals surface area contributed by atoms with Crippen LogP contribution in [0.5, 0.6) is 17.2 Å². The normalized spacial score (nSPS) is 14.5. The molecule has 196 valence electrons. The molecule has 38 heavy (non-hydrogen) atoms. The Morgan fingerprint density at radius 3 is 2.29 bits per heavy atom. The van der Waals surface area contributed by atoms with Crippen molar-refractivity contribution >= 4 is 63.8 Å². The van der Waals surface area contributed by atoms with Crippen LogP contribution < -0.4 is 24.4 Å². The van der Waals surface area contributed by atoms with E-state index in [4.69, 9.17) is 25.8 Å². The Bertz CT molecular complexity index is 1410. The summed E-state index contributed by atoms with van der Waals surface area (Å²) in [7, 11) is 0. The molecule has 1 aliphatic heterocycles. The summed E-state index contributed by atoms with van der Waals surface area (Å²) >= 11 is 8.06. The third kappa shape index (κ3) is 6.28. The second kappa shape index (κ2) is 12.3. The van der Waals surface area contributed by atoms with Gasteiger partial charge in [-0.25, -0.2) is 9.69 Å². The largest absolute Gasteiger partial charge is 0.494 e. The minimum Gasteiger partial charge on any atom is -0.494 e. The molecule has 0 aromatic heterocycles. The van der Waals surface area contributed by atoms with Gasteiger partial charge in [-0.05, 0) is 90.0 Å². The van der Waals surface area contributed by atoms with Crippen molar-refractivity contribution in [2.24, 2.45) is 0 Å². The van der Waals surface area contributed by atoms with E-state index in [0.29, 0.717) is 47.7 Å². The molecular weight excluding hydrogens is 623 g/mol. The first-order valence-corrected chi connectivity index (χ1v) is 13.2. The highest BCUT2D eigenvalue weighted by Gasteiger charge is 2.38. The standard InChI is InChI=1S/C28H24ClIN2O6/c1-3-36-20-10-12-25(37-4-2)23(15-20)32-27(34)21(26(33)31-28(32)35)13-18-7-11-24(22(30)14-18)38-16-17-5-8-19(29)9-6-17/h5-15H,3-4,16H2,1-2H3,(H,31,33,35)/b21-13+. The van der Waals surface area contributed by atoms with Gasteiger partial charge >= 0.3 is 6.03 Å². The van der Waals surface area contributed by atoms with E-state index in [9.17, 15) is 14.4 Å². The fourth-order valence-electron chi connectivity index (χ4n) is 3.71. The highest BCUT2D eigenvalue weighted by Crippen LogP contribution is 2.35. The number of anilines is 1. The van der Waals surface area contributed by atoms with Crippen molar-refractivity contribution in [3.8, 4) is 17.2 Å². The molecule has 0 unspecified atom stereocenters. The van der Waals surface area contributed by atoms with E-state index >= 15 is 0 Å². The van der Waals surface area contributed by atoms with Crippen molar-refractivity contribution in [3.63, 3.8) is 0 Å². The van der Waals surface area contributed by atoms with E-state index < -0.39 is 17.8 Å². The second-order valence-corrected chi connectivity index (χ2v) is 9.66. The fraction of sp³-hybridized carbons (Fsp3) is 0.179. The molecule has 1 aliphatic rings. The molecule has 4 amide bonds. The zero-order chi connectivity index (χ0) is 27.2. The summed E-state index contributed by atoms with van der Waals surface area (Å²) < 4.78 is 17.9. The number of halogens is 2. The van der Waals surface area contributed by atoms with Crippen molar-refractivity contribution in [1.82, 2.24) is 5.32 Å². The van der Waals surface area contributed by atoms with Gasteiger partial charge in [-0.1, -0.05) is 29.8 Å². The zero-order valence-corrected chi connectivity index (χ0v) is 23.5. The van der Waals surface area contributed by atoms with Gasteiger partial charge < -0.3 is 14.2 Å². The predicted molar refractivity (Wildman–Crippen MR) is 153 cm³/mol. The van der Waals surface area contributed by atoms with Crippen molar-refractivity contribution in [2.75, 3.05) is 18.1 Å². The molecule has 4 rings (SSSR count). The Labute approximate surface area is 238 Å². The Morgan fingerprint density at radius 2 is 1.61 bits per heavy atom. The Morgan fingerprint density at radius 1 is 0.895 bits per heavy atom. The van der Waals surface area contributed by atoms with E-state index in [0.717, 1.165) is 14.0 Å². The van der Waals surface area contributed by atoms with Crippen LogP contribution in [-0.2, 0) is 16.2 Å². The molecule has 0 spiro atoms. The summed E-state index contributed by atoms with van der Waals surface area (Å²) in [5, 5.41) is 2.90. The monoisotopic (exact) mass is 646 g/mol. The predicted octanol–water partition coefficient (Wildman–Crippen LogP) is 5.99. The number of hydrogen-bond donors (Lipinski definition) is 1. The molecule has 0 radical (unpaired) electrons. The van der Waals surface area contributed by atoms with Crippen LogP contribution in [0.3, 0.4) is 0 Å². The lowest BCUT2D eigenvalue weighted by molar-refractivity contribution is -0.122. The number of carbonyl (C=O) groups is 3. The first kappa shape index (κ1) is 27.5. The van der Waals surface area contributed by atoms with Crippen LogP contribution in [0.4, 0.5) is 10.5 Å². The van der Waals surface area contributed by atoms with Crippen LogP contribution in [0.1, 0.15) is 25.0 Å². The number of nitrogens with one attached hydrogen (secondary N) is 1. The topological polar surface area (TPSA) is 94.2 Å². The van der Waals surface area contributed by atoms with Crippen molar-refractivity contribution in [3.05, 3.63) is 86.0 Å². The first-order chi connectivity index (χ1) is 18.3. The van der Waals surface area contributed by atoms with Crippen LogP contribution >= 0.6 is 34.2 Å². The number of nitrogens with zero attached hydrogens (tertiary/aromatic N) is 1. The maximum atomic E-state index is 13.5. The number of benzene rings is 3. The molecule has 0 aliphatic carbocycles. The lowest BCUT2D eigenvalue weighted by atomic mass is 10.1. The van der Waals surface area contributed by atoms with Gasteiger partial charge in [0, 0.05) is 11.1 Å². The average molecular weight is 647 g/mol. The number of barbiturate groups is 1. The third-order valence-corrected chi connectivity index (χ3v) is 6.55. The molecule has 1 fully saturated rings. The Kier molecular flexibility index (Phi) is 8.90. The summed E-state index contributed by atoms with van der Waals surface area (Å²) in [6.45, 7) is 4.68. The number of urea groups is 1. The van der Waals surface area contributed by atoms with Crippen LogP contribution in [0.25, 0.3) is 6.08 Å². The van der Waals surface area contributed by atoms with Crippen LogP contribution in [0.15, 0.2) is 66.2 Å². The number of carbonyl (C=O) groups excluding carboxylic acids is 3. The first-order valence-electron chi connectivity index (χ1n) is 11.8. The third-order valence-electron chi connectivity index (χ3n) is 5.46. The number of rotatable bonds is 9. The molecular formula is C28H24ClIN2O6. The van der Waals surface area contributed by atoms with Gasteiger partial charge in [0.2, 0.25) is 0 Å². The maximum absolute atomic E-state index is 13.5. The molecule has 3 aromatic carbocycles. The van der Waals surface area contributed by atoms with Crippen LogP contribution in [0, 0.1) is 3.57 Å². The van der Waals surface area contributed by atoms with E-state index in [1.807, 2.05) is 19.1 Å². The second-order valence-electron chi connectivity index (χ2n) is 8.06. The molecule has 3 aromatic rings. The molecule has 10 heteroatoms. The lowest BCUT2D eigenvalue weighted by Crippen LogP contribution is -2.54. The van der Waals surface area contributed by atoms with Gasteiger partial charge in [0.1, 0.15) is 29.4 Å². The Balaban J connectivity index is 1.60. The lowest BCUT2D eigenvalue weighted by Gasteiger charge is -2.28.